The van der Waals surface area contributed by atoms with Crippen LogP contribution in [0.3, 0.4) is 0 Å². The van der Waals surface area contributed by atoms with E-state index in [1.165, 1.54) is 0 Å². The van der Waals surface area contributed by atoms with Crippen molar-refractivity contribution in [3.8, 4) is 11.1 Å². The van der Waals surface area contributed by atoms with Gasteiger partial charge >= 0.3 is 0 Å². The number of nitrogens with one attached hydrogen (secondary N) is 1. The monoisotopic (exact) mass is 352 g/mol. The van der Waals surface area contributed by atoms with Gasteiger partial charge in [-0.05, 0) is 49.7 Å². The topological polar surface area (TPSA) is 49.4 Å². The zero-order valence-corrected chi connectivity index (χ0v) is 16.1. The summed E-state index contributed by atoms with van der Waals surface area (Å²) in [4.78, 5) is 26.4. The van der Waals surface area contributed by atoms with Crippen molar-refractivity contribution < 1.29 is 9.59 Å². The van der Waals surface area contributed by atoms with Crippen LogP contribution in [-0.4, -0.2) is 43.3 Å². The van der Waals surface area contributed by atoms with Crippen molar-refractivity contribution in [2.75, 3.05) is 26.7 Å². The Labute approximate surface area is 156 Å². The number of carbonyl (C=O) groups excluding carboxylic acids is 2. The maximum absolute atomic E-state index is 12.3. The van der Waals surface area contributed by atoms with Crippen LogP contribution in [-0.2, 0) is 0 Å². The minimum Gasteiger partial charge on any atom is -0.352 e. The fourth-order valence-corrected chi connectivity index (χ4v) is 2.94. The van der Waals surface area contributed by atoms with Crippen LogP contribution in [0.2, 0.25) is 0 Å². The number of hydrogen-bond acceptors (Lipinski definition) is 3. The Morgan fingerprint density at radius 1 is 1.08 bits per heavy atom. The minimum atomic E-state index is -0.0672. The summed E-state index contributed by atoms with van der Waals surface area (Å²) in [7, 11) is 2.08. The van der Waals surface area contributed by atoms with E-state index in [2.05, 4.69) is 31.1 Å². The first-order valence-electron chi connectivity index (χ1n) is 9.09. The number of nitrogens with zero attached hydrogens (tertiary/aromatic N) is 1. The lowest BCUT2D eigenvalue weighted by molar-refractivity contribution is 0.0944. The highest BCUT2D eigenvalue weighted by Crippen LogP contribution is 2.24. The lowest BCUT2D eigenvalue weighted by Crippen LogP contribution is -2.33. The second kappa shape index (κ2) is 9.30. The number of carbonyl (C=O) groups is 2. The number of amides is 1. The van der Waals surface area contributed by atoms with Crippen molar-refractivity contribution in [2.24, 2.45) is 5.92 Å². The van der Waals surface area contributed by atoms with Gasteiger partial charge in [-0.1, -0.05) is 50.2 Å². The molecule has 0 spiro atoms. The molecule has 2 aromatic carbocycles. The molecule has 1 N–H and O–H groups in total. The van der Waals surface area contributed by atoms with E-state index in [0.29, 0.717) is 23.6 Å². The quantitative estimate of drug-likeness (QED) is 0.734. The van der Waals surface area contributed by atoms with Crippen LogP contribution in [0.5, 0.6) is 0 Å². The molecule has 4 nitrogen and oxygen atoms in total. The maximum atomic E-state index is 12.3. The molecule has 0 saturated carbocycles. The summed E-state index contributed by atoms with van der Waals surface area (Å²) in [5.74, 6) is 0.362. The first-order chi connectivity index (χ1) is 12.4. The minimum absolute atomic E-state index is 0.0356. The van der Waals surface area contributed by atoms with Crippen LogP contribution in [0.15, 0.2) is 48.5 Å². The van der Waals surface area contributed by atoms with Gasteiger partial charge in [0.2, 0.25) is 0 Å². The van der Waals surface area contributed by atoms with Gasteiger partial charge in [0, 0.05) is 24.2 Å². The van der Waals surface area contributed by atoms with Gasteiger partial charge in [0.1, 0.15) is 0 Å². The van der Waals surface area contributed by atoms with Crippen LogP contribution in [0.25, 0.3) is 11.1 Å². The third kappa shape index (κ3) is 5.27. The van der Waals surface area contributed by atoms with Gasteiger partial charge in [-0.2, -0.15) is 0 Å². The molecule has 0 unspecified atom stereocenters. The van der Waals surface area contributed by atoms with Crippen LogP contribution in [0.4, 0.5) is 0 Å². The first-order valence-corrected chi connectivity index (χ1v) is 9.09. The van der Waals surface area contributed by atoms with Crippen molar-refractivity contribution in [1.82, 2.24) is 10.2 Å². The average Bonchev–Trinajstić information content (AvgIpc) is 2.66. The number of benzene rings is 2. The predicted octanol–water partition coefficient (Wildman–Crippen LogP) is 3.87. The van der Waals surface area contributed by atoms with Crippen molar-refractivity contribution in [3.63, 3.8) is 0 Å². The summed E-state index contributed by atoms with van der Waals surface area (Å²) in [6.45, 7) is 8.43. The molecule has 0 saturated heterocycles. The van der Waals surface area contributed by atoms with Gasteiger partial charge < -0.3 is 10.2 Å². The molecule has 0 heterocycles. The Balaban J connectivity index is 2.03. The van der Waals surface area contributed by atoms with Gasteiger partial charge in [-0.15, -0.1) is 0 Å². The maximum Gasteiger partial charge on any atom is 0.251 e. The Morgan fingerprint density at radius 2 is 1.73 bits per heavy atom. The number of hydrogen-bond donors (Lipinski definition) is 1. The molecule has 26 heavy (non-hydrogen) atoms. The van der Waals surface area contributed by atoms with Crippen molar-refractivity contribution in [3.05, 3.63) is 59.7 Å². The second-order valence-electron chi connectivity index (χ2n) is 6.85. The molecule has 4 heteroatoms. The Bertz CT molecular complexity index is 753. The van der Waals surface area contributed by atoms with Gasteiger partial charge in [0.25, 0.3) is 5.91 Å². The van der Waals surface area contributed by atoms with Crippen molar-refractivity contribution in [1.29, 1.82) is 0 Å². The second-order valence-corrected chi connectivity index (χ2v) is 6.85. The summed E-state index contributed by atoms with van der Waals surface area (Å²) >= 11 is 0. The van der Waals surface area contributed by atoms with E-state index < -0.39 is 0 Å². The molecule has 0 aliphatic heterocycles. The lowest BCUT2D eigenvalue weighted by atomic mass is 9.97. The van der Waals surface area contributed by atoms with E-state index in [4.69, 9.17) is 0 Å². The number of Topliss-reactive ketones (excluding diaryl/α,β-unsaturated/α-hetero) is 1. The van der Waals surface area contributed by atoms with E-state index in [-0.39, 0.29) is 11.7 Å². The molecule has 1 atom stereocenters. The summed E-state index contributed by atoms with van der Waals surface area (Å²) in [6, 6.07) is 14.9. The SMILES string of the molecule is CCN(C)C[C@H](C)CNC(=O)c1ccc(-c2ccccc2C(C)=O)cc1. The molecular weight excluding hydrogens is 324 g/mol. The van der Waals surface area contributed by atoms with Gasteiger partial charge in [0.15, 0.2) is 5.78 Å². The molecule has 1 amide bonds. The summed E-state index contributed by atoms with van der Waals surface area (Å²) in [5.41, 5.74) is 3.15. The molecule has 0 aliphatic rings. The standard InChI is InChI=1S/C22H28N2O2/c1-5-24(4)15-16(2)14-23-22(26)19-12-10-18(11-13-19)21-9-7-6-8-20(21)17(3)25/h6-13,16H,5,14-15H2,1-4H3,(H,23,26)/t16-/m1/s1. The molecule has 138 valence electrons. The normalized spacial score (nSPS) is 12.0. The third-order valence-corrected chi connectivity index (χ3v) is 4.54. The molecule has 0 fully saturated rings. The van der Waals surface area contributed by atoms with Gasteiger partial charge in [-0.3, -0.25) is 9.59 Å². The molecule has 0 bridgehead atoms. The lowest BCUT2D eigenvalue weighted by Gasteiger charge is -2.19. The zero-order valence-electron chi connectivity index (χ0n) is 16.1. The molecule has 2 aromatic rings. The number of rotatable bonds is 8. The Morgan fingerprint density at radius 3 is 2.35 bits per heavy atom. The summed E-state index contributed by atoms with van der Waals surface area (Å²) in [5, 5.41) is 3.00. The Hall–Kier alpha value is -2.46. The average molecular weight is 352 g/mol. The predicted molar refractivity (Wildman–Crippen MR) is 107 cm³/mol. The van der Waals surface area contributed by atoms with E-state index in [9.17, 15) is 9.59 Å². The highest BCUT2D eigenvalue weighted by molar-refractivity contribution is 6.01. The summed E-state index contributed by atoms with van der Waals surface area (Å²) < 4.78 is 0. The largest absolute Gasteiger partial charge is 0.352 e. The smallest absolute Gasteiger partial charge is 0.251 e. The molecule has 2 rings (SSSR count). The molecular formula is C22H28N2O2. The van der Waals surface area contributed by atoms with Crippen LogP contribution in [0, 0.1) is 5.92 Å². The number of ketones is 1. The van der Waals surface area contributed by atoms with E-state index in [0.717, 1.165) is 24.2 Å². The molecule has 0 radical (unpaired) electrons. The fraction of sp³-hybridized carbons (Fsp3) is 0.364. The first kappa shape index (κ1) is 19.9. The van der Waals surface area contributed by atoms with Crippen molar-refractivity contribution >= 4 is 11.7 Å². The summed E-state index contributed by atoms with van der Waals surface area (Å²) in [6.07, 6.45) is 0. The van der Waals surface area contributed by atoms with Gasteiger partial charge in [0.05, 0.1) is 0 Å². The molecule has 0 aromatic heterocycles. The Kier molecular flexibility index (Phi) is 7.10. The zero-order chi connectivity index (χ0) is 19.1. The highest BCUT2D eigenvalue weighted by Gasteiger charge is 2.11. The van der Waals surface area contributed by atoms with E-state index in [1.54, 1.807) is 6.92 Å². The highest BCUT2D eigenvalue weighted by atomic mass is 16.1. The van der Waals surface area contributed by atoms with Crippen LogP contribution in [0.1, 0.15) is 41.5 Å². The van der Waals surface area contributed by atoms with Crippen LogP contribution < -0.4 is 5.32 Å². The van der Waals surface area contributed by atoms with Gasteiger partial charge in [-0.25, -0.2) is 0 Å². The molecule has 0 aliphatic carbocycles. The van der Waals surface area contributed by atoms with Crippen molar-refractivity contribution in [2.45, 2.75) is 20.8 Å². The van der Waals surface area contributed by atoms with E-state index >= 15 is 0 Å². The fourth-order valence-electron chi connectivity index (χ4n) is 2.94. The third-order valence-electron chi connectivity index (χ3n) is 4.54. The van der Waals surface area contributed by atoms with E-state index in [1.807, 2.05) is 48.5 Å². The van der Waals surface area contributed by atoms with Crippen LogP contribution >= 0.6 is 0 Å².